The van der Waals surface area contributed by atoms with Crippen LogP contribution in [0.3, 0.4) is 0 Å². The van der Waals surface area contributed by atoms with Gasteiger partial charge in [-0.15, -0.1) is 0 Å². The van der Waals surface area contributed by atoms with Crippen LogP contribution in [0.1, 0.15) is 6.92 Å². The molecule has 1 aromatic rings. The molecule has 0 saturated carbocycles. The standard InChI is InChI=1S/C9H11O3/c1-7(10)12-9-6-4-3-5-8(9)11-2/h3-7H,1-2H3. The molecule has 1 aromatic carbocycles. The van der Waals surface area contributed by atoms with Gasteiger partial charge in [0, 0.05) is 6.92 Å². The second kappa shape index (κ2) is 3.97. The van der Waals surface area contributed by atoms with Crippen LogP contribution in [-0.4, -0.2) is 13.4 Å². The molecule has 3 heteroatoms. The number of ether oxygens (including phenoxy) is 2. The summed E-state index contributed by atoms with van der Waals surface area (Å²) in [5, 5.41) is 10.7. The van der Waals surface area contributed by atoms with Crippen LogP contribution in [0.2, 0.25) is 0 Å². The van der Waals surface area contributed by atoms with Crippen LogP contribution in [0.25, 0.3) is 0 Å². The number of methoxy groups -OCH3 is 1. The van der Waals surface area contributed by atoms with Crippen molar-refractivity contribution in [3.8, 4) is 11.5 Å². The van der Waals surface area contributed by atoms with Crippen LogP contribution in [-0.2, 0) is 5.11 Å². The fourth-order valence-electron chi connectivity index (χ4n) is 0.895. The van der Waals surface area contributed by atoms with Gasteiger partial charge in [0.1, 0.15) is 0 Å². The van der Waals surface area contributed by atoms with Crippen molar-refractivity contribution in [3.05, 3.63) is 24.3 Å². The molecule has 0 aliphatic rings. The molecule has 0 saturated heterocycles. The first-order valence-electron chi connectivity index (χ1n) is 3.69. The van der Waals surface area contributed by atoms with Crippen molar-refractivity contribution in [3.63, 3.8) is 0 Å². The summed E-state index contributed by atoms with van der Waals surface area (Å²) < 4.78 is 9.94. The first-order valence-corrected chi connectivity index (χ1v) is 3.69. The van der Waals surface area contributed by atoms with Gasteiger partial charge in [0.05, 0.1) is 7.11 Å². The SMILES string of the molecule is COc1ccccc1OC(C)[O]. The normalized spacial score (nSPS) is 12.2. The summed E-state index contributed by atoms with van der Waals surface area (Å²) in [4.78, 5) is 0. The second-order valence-electron chi connectivity index (χ2n) is 2.34. The van der Waals surface area contributed by atoms with Crippen molar-refractivity contribution in [2.75, 3.05) is 7.11 Å². The molecule has 0 aliphatic carbocycles. The lowest BCUT2D eigenvalue weighted by molar-refractivity contribution is -0.0564. The van der Waals surface area contributed by atoms with Crippen molar-refractivity contribution in [2.24, 2.45) is 0 Å². The van der Waals surface area contributed by atoms with Gasteiger partial charge in [0.15, 0.2) is 11.5 Å². The topological polar surface area (TPSA) is 38.4 Å². The number of para-hydroxylation sites is 2. The minimum atomic E-state index is -1.07. The van der Waals surface area contributed by atoms with Crippen LogP contribution >= 0.6 is 0 Å². The monoisotopic (exact) mass is 167 g/mol. The Bertz CT molecular complexity index is 245. The predicted molar refractivity (Wildman–Crippen MR) is 43.8 cm³/mol. The number of hydrogen-bond acceptors (Lipinski definition) is 2. The number of benzene rings is 1. The van der Waals surface area contributed by atoms with Crippen LogP contribution in [0.5, 0.6) is 11.5 Å². The smallest absolute Gasteiger partial charge is 0.228 e. The third kappa shape index (κ3) is 2.13. The first-order chi connectivity index (χ1) is 5.74. The number of rotatable bonds is 3. The van der Waals surface area contributed by atoms with E-state index in [-0.39, 0.29) is 0 Å². The molecule has 65 valence electrons. The molecule has 0 heterocycles. The Hall–Kier alpha value is -1.22. The average Bonchev–Trinajstić information content (AvgIpc) is 2.04. The van der Waals surface area contributed by atoms with E-state index >= 15 is 0 Å². The fraction of sp³-hybridized carbons (Fsp3) is 0.333. The maximum absolute atomic E-state index is 10.7. The van der Waals surface area contributed by atoms with E-state index in [0.717, 1.165) is 0 Å². The van der Waals surface area contributed by atoms with E-state index in [1.807, 2.05) is 6.07 Å². The molecule has 1 rings (SSSR count). The second-order valence-corrected chi connectivity index (χ2v) is 2.34. The summed E-state index contributed by atoms with van der Waals surface area (Å²) >= 11 is 0. The molecule has 1 unspecified atom stereocenters. The lowest BCUT2D eigenvalue weighted by Gasteiger charge is -2.10. The highest BCUT2D eigenvalue weighted by molar-refractivity contribution is 5.39. The van der Waals surface area contributed by atoms with Gasteiger partial charge in [-0.2, -0.15) is 5.11 Å². The van der Waals surface area contributed by atoms with Crippen LogP contribution in [0, 0.1) is 0 Å². The van der Waals surface area contributed by atoms with E-state index in [0.29, 0.717) is 11.5 Å². The van der Waals surface area contributed by atoms with Crippen molar-refractivity contribution in [2.45, 2.75) is 13.2 Å². The summed E-state index contributed by atoms with van der Waals surface area (Å²) in [6.07, 6.45) is -1.07. The van der Waals surface area contributed by atoms with Gasteiger partial charge in [-0.25, -0.2) is 0 Å². The molecule has 0 amide bonds. The van der Waals surface area contributed by atoms with Crippen LogP contribution in [0.4, 0.5) is 0 Å². The lowest BCUT2D eigenvalue weighted by Crippen LogP contribution is -2.08. The zero-order chi connectivity index (χ0) is 8.97. The van der Waals surface area contributed by atoms with Gasteiger partial charge in [-0.3, -0.25) is 0 Å². The van der Waals surface area contributed by atoms with Crippen molar-refractivity contribution < 1.29 is 14.6 Å². The molecular formula is C9H11O3. The molecule has 0 bridgehead atoms. The van der Waals surface area contributed by atoms with Gasteiger partial charge in [0.25, 0.3) is 0 Å². The molecule has 0 N–H and O–H groups in total. The zero-order valence-corrected chi connectivity index (χ0v) is 7.11. The van der Waals surface area contributed by atoms with E-state index in [1.165, 1.54) is 14.0 Å². The minimum absolute atomic E-state index is 0.488. The Morgan fingerprint density at radius 2 is 1.83 bits per heavy atom. The third-order valence-electron chi connectivity index (χ3n) is 1.36. The molecule has 0 spiro atoms. The highest BCUT2D eigenvalue weighted by Crippen LogP contribution is 2.26. The average molecular weight is 167 g/mol. The maximum Gasteiger partial charge on any atom is 0.228 e. The van der Waals surface area contributed by atoms with E-state index in [4.69, 9.17) is 9.47 Å². The quantitative estimate of drug-likeness (QED) is 0.644. The molecule has 1 atom stereocenters. The Morgan fingerprint density at radius 1 is 1.25 bits per heavy atom. The summed E-state index contributed by atoms with van der Waals surface area (Å²) in [6, 6.07) is 7.06. The Balaban J connectivity index is 2.82. The van der Waals surface area contributed by atoms with Gasteiger partial charge < -0.3 is 9.47 Å². The van der Waals surface area contributed by atoms with Crippen LogP contribution in [0.15, 0.2) is 24.3 Å². The van der Waals surface area contributed by atoms with Crippen LogP contribution < -0.4 is 9.47 Å². The lowest BCUT2D eigenvalue weighted by atomic mass is 10.3. The molecule has 1 radical (unpaired) electrons. The maximum atomic E-state index is 10.7. The largest absolute Gasteiger partial charge is 0.493 e. The molecular weight excluding hydrogens is 156 g/mol. The third-order valence-corrected chi connectivity index (χ3v) is 1.36. The van der Waals surface area contributed by atoms with Gasteiger partial charge >= 0.3 is 0 Å². The Kier molecular flexibility index (Phi) is 2.94. The summed E-state index contributed by atoms with van der Waals surface area (Å²) in [5.41, 5.74) is 0. The van der Waals surface area contributed by atoms with Gasteiger partial charge in [-0.1, -0.05) is 12.1 Å². The van der Waals surface area contributed by atoms with E-state index in [9.17, 15) is 5.11 Å². The van der Waals surface area contributed by atoms with E-state index in [1.54, 1.807) is 18.2 Å². The van der Waals surface area contributed by atoms with Crippen molar-refractivity contribution in [1.29, 1.82) is 0 Å². The molecule has 0 aliphatic heterocycles. The Morgan fingerprint density at radius 3 is 2.33 bits per heavy atom. The van der Waals surface area contributed by atoms with Crippen molar-refractivity contribution in [1.82, 2.24) is 0 Å². The molecule has 0 fully saturated rings. The van der Waals surface area contributed by atoms with E-state index < -0.39 is 6.29 Å². The number of hydrogen-bond donors (Lipinski definition) is 0. The molecule has 0 aromatic heterocycles. The molecule has 12 heavy (non-hydrogen) atoms. The zero-order valence-electron chi connectivity index (χ0n) is 7.11. The Labute approximate surface area is 71.5 Å². The van der Waals surface area contributed by atoms with Gasteiger partial charge in [-0.05, 0) is 12.1 Å². The predicted octanol–water partition coefficient (Wildman–Crippen LogP) is 1.85. The fourth-order valence-corrected chi connectivity index (χ4v) is 0.895. The van der Waals surface area contributed by atoms with Gasteiger partial charge in [0.2, 0.25) is 6.29 Å². The first kappa shape index (κ1) is 8.87. The highest BCUT2D eigenvalue weighted by Gasteiger charge is 2.05. The van der Waals surface area contributed by atoms with Crippen molar-refractivity contribution >= 4 is 0 Å². The summed E-state index contributed by atoms with van der Waals surface area (Å²) in [7, 11) is 1.54. The minimum Gasteiger partial charge on any atom is -0.493 e. The summed E-state index contributed by atoms with van der Waals surface area (Å²) in [5.74, 6) is 1.07. The molecule has 3 nitrogen and oxygen atoms in total. The highest BCUT2D eigenvalue weighted by atomic mass is 16.6. The van der Waals surface area contributed by atoms with E-state index in [2.05, 4.69) is 0 Å². The summed E-state index contributed by atoms with van der Waals surface area (Å²) in [6.45, 7) is 1.44.